The molecular formula is C21H26N2O4S. The first kappa shape index (κ1) is 20.4. The van der Waals surface area contributed by atoms with E-state index in [1.807, 2.05) is 37.3 Å². The number of benzene rings is 1. The molecular weight excluding hydrogens is 376 g/mol. The molecule has 0 aliphatic carbocycles. The second-order valence-electron chi connectivity index (χ2n) is 7.74. The number of rotatable bonds is 7. The maximum atomic E-state index is 13.1. The highest BCUT2D eigenvalue weighted by Gasteiger charge is 2.34. The predicted molar refractivity (Wildman–Crippen MR) is 108 cm³/mol. The van der Waals surface area contributed by atoms with Crippen molar-refractivity contribution in [2.75, 3.05) is 6.61 Å². The Morgan fingerprint density at radius 2 is 1.89 bits per heavy atom. The molecule has 3 rings (SSSR count). The van der Waals surface area contributed by atoms with E-state index in [1.165, 1.54) is 0 Å². The van der Waals surface area contributed by atoms with Gasteiger partial charge in [-0.15, -0.1) is 0 Å². The highest BCUT2D eigenvalue weighted by Crippen LogP contribution is 2.33. The fourth-order valence-corrected chi connectivity index (χ4v) is 4.00. The van der Waals surface area contributed by atoms with Gasteiger partial charge in [0, 0.05) is 24.7 Å². The summed E-state index contributed by atoms with van der Waals surface area (Å²) in [7, 11) is -3.60. The summed E-state index contributed by atoms with van der Waals surface area (Å²) in [5.41, 5.74) is 1.70. The summed E-state index contributed by atoms with van der Waals surface area (Å²) in [6.45, 7) is 7.70. The minimum atomic E-state index is -3.60. The molecule has 7 heteroatoms. The zero-order valence-corrected chi connectivity index (χ0v) is 17.4. The van der Waals surface area contributed by atoms with E-state index >= 15 is 0 Å². The van der Waals surface area contributed by atoms with Gasteiger partial charge in [-0.25, -0.2) is 13.4 Å². The number of imidazole rings is 1. The predicted octanol–water partition coefficient (Wildman–Crippen LogP) is 3.89. The fraction of sp³-hybridized carbons (Fsp3) is 0.381. The molecule has 0 aliphatic heterocycles. The van der Waals surface area contributed by atoms with Crippen LogP contribution in [0.25, 0.3) is 5.65 Å². The van der Waals surface area contributed by atoms with Gasteiger partial charge in [-0.1, -0.05) is 30.3 Å². The van der Waals surface area contributed by atoms with Gasteiger partial charge in [-0.2, -0.15) is 0 Å². The van der Waals surface area contributed by atoms with Crippen molar-refractivity contribution in [3.8, 4) is 5.75 Å². The van der Waals surface area contributed by atoms with Crippen LogP contribution in [0.4, 0.5) is 0 Å². The summed E-state index contributed by atoms with van der Waals surface area (Å²) in [5, 5.41) is 0. The van der Waals surface area contributed by atoms with Gasteiger partial charge in [0.05, 0.1) is 18.0 Å². The zero-order chi connectivity index (χ0) is 20.4. The maximum absolute atomic E-state index is 13.1. The van der Waals surface area contributed by atoms with E-state index < -0.39 is 14.6 Å². The second kappa shape index (κ2) is 7.93. The van der Waals surface area contributed by atoms with Crippen LogP contribution in [0.15, 0.2) is 59.9 Å². The van der Waals surface area contributed by atoms with Gasteiger partial charge in [0.25, 0.3) is 0 Å². The third-order valence-corrected chi connectivity index (χ3v) is 6.84. The first-order chi connectivity index (χ1) is 13.2. The van der Waals surface area contributed by atoms with Crippen LogP contribution in [0.1, 0.15) is 33.3 Å². The number of sulfone groups is 1. The first-order valence-corrected chi connectivity index (χ1v) is 10.7. The highest BCUT2D eigenvalue weighted by molar-refractivity contribution is 7.92. The summed E-state index contributed by atoms with van der Waals surface area (Å²) in [5.74, 6) is 0.296. The molecule has 1 atom stereocenters. The second-order valence-corrected chi connectivity index (χ2v) is 10.4. The Balaban J connectivity index is 1.80. The van der Waals surface area contributed by atoms with Crippen LogP contribution >= 0.6 is 0 Å². The van der Waals surface area contributed by atoms with Gasteiger partial charge in [0.1, 0.15) is 22.4 Å². The Labute approximate surface area is 166 Å². The van der Waals surface area contributed by atoms with Crippen LogP contribution in [-0.4, -0.2) is 35.3 Å². The smallest absolute Gasteiger partial charge is 0.188 e. The molecule has 0 saturated carbocycles. The molecule has 0 bridgehead atoms. The van der Waals surface area contributed by atoms with Gasteiger partial charge in [0.15, 0.2) is 9.84 Å². The van der Waals surface area contributed by atoms with Gasteiger partial charge in [-0.05, 0) is 33.3 Å². The Bertz CT molecular complexity index is 1040. The van der Waals surface area contributed by atoms with Crippen molar-refractivity contribution in [3.63, 3.8) is 0 Å². The molecule has 0 N–H and O–H groups in total. The Morgan fingerprint density at radius 3 is 2.57 bits per heavy atom. The molecule has 0 radical (unpaired) electrons. The average Bonchev–Trinajstić information content (AvgIpc) is 3.08. The number of ether oxygens (including phenoxy) is 2. The summed E-state index contributed by atoms with van der Waals surface area (Å²) in [6, 6.07) is 11.5. The van der Waals surface area contributed by atoms with E-state index in [2.05, 4.69) is 4.98 Å². The summed E-state index contributed by atoms with van der Waals surface area (Å²) < 4.78 is 38.6. The van der Waals surface area contributed by atoms with Crippen molar-refractivity contribution in [1.82, 2.24) is 9.38 Å². The minimum absolute atomic E-state index is 0.153. The molecule has 0 saturated heterocycles. The zero-order valence-electron chi connectivity index (χ0n) is 16.6. The van der Waals surface area contributed by atoms with Crippen LogP contribution in [-0.2, 0) is 21.2 Å². The lowest BCUT2D eigenvalue weighted by Crippen LogP contribution is -2.29. The molecule has 3 aromatic rings. The molecule has 1 unspecified atom stereocenters. The number of aromatic nitrogens is 2. The van der Waals surface area contributed by atoms with E-state index in [-0.39, 0.29) is 11.0 Å². The molecule has 0 amide bonds. The van der Waals surface area contributed by atoms with Crippen molar-refractivity contribution in [1.29, 1.82) is 0 Å². The minimum Gasteiger partial charge on any atom is -0.487 e. The van der Waals surface area contributed by atoms with Gasteiger partial charge in [0.2, 0.25) is 0 Å². The molecule has 2 aromatic heterocycles. The number of pyridine rings is 1. The Hall–Kier alpha value is -2.38. The molecule has 2 heterocycles. The van der Waals surface area contributed by atoms with Crippen LogP contribution in [0.2, 0.25) is 0 Å². The van der Waals surface area contributed by atoms with Crippen molar-refractivity contribution >= 4 is 15.5 Å². The lowest BCUT2D eigenvalue weighted by atomic mass is 10.2. The van der Waals surface area contributed by atoms with Crippen molar-refractivity contribution in [2.45, 2.75) is 50.0 Å². The average molecular weight is 403 g/mol. The molecule has 1 aromatic carbocycles. The first-order valence-electron chi connectivity index (χ1n) is 9.18. The molecule has 0 aliphatic rings. The van der Waals surface area contributed by atoms with Crippen LogP contribution in [0.5, 0.6) is 5.75 Å². The fourth-order valence-electron chi connectivity index (χ4n) is 2.72. The van der Waals surface area contributed by atoms with E-state index in [4.69, 9.17) is 9.47 Å². The molecule has 6 nitrogen and oxygen atoms in total. The lowest BCUT2D eigenvalue weighted by molar-refractivity contribution is 0.0480. The van der Waals surface area contributed by atoms with Gasteiger partial charge >= 0.3 is 0 Å². The van der Waals surface area contributed by atoms with E-state index in [9.17, 15) is 8.42 Å². The Morgan fingerprint density at radius 1 is 1.18 bits per heavy atom. The van der Waals surface area contributed by atoms with E-state index in [0.717, 1.165) is 5.56 Å². The van der Waals surface area contributed by atoms with Crippen LogP contribution in [0, 0.1) is 0 Å². The van der Waals surface area contributed by atoms with Crippen molar-refractivity contribution < 1.29 is 17.9 Å². The normalized spacial score (nSPS) is 13.6. The van der Waals surface area contributed by atoms with Gasteiger partial charge < -0.3 is 13.9 Å². The van der Waals surface area contributed by atoms with Crippen LogP contribution < -0.4 is 4.74 Å². The standard InChI is InChI=1S/C21H26N2O4S/c1-16(14-26-15-17-8-6-5-7-9-17)27-18-12-20-22-10-11-23(20)13-19(18)28(24,25)21(2,3)4/h5-13,16H,14-15H2,1-4H3. The summed E-state index contributed by atoms with van der Waals surface area (Å²) >= 11 is 0. The number of fused-ring (bicyclic) bond motifs is 1. The van der Waals surface area contributed by atoms with E-state index in [1.54, 1.807) is 49.8 Å². The monoisotopic (exact) mass is 402 g/mol. The van der Waals surface area contributed by atoms with Crippen LogP contribution in [0.3, 0.4) is 0 Å². The number of nitrogens with zero attached hydrogens (tertiary/aromatic N) is 2. The molecule has 0 spiro atoms. The topological polar surface area (TPSA) is 69.9 Å². The van der Waals surface area contributed by atoms with E-state index in [0.29, 0.717) is 24.6 Å². The number of hydrogen-bond donors (Lipinski definition) is 0. The maximum Gasteiger partial charge on any atom is 0.188 e. The quantitative estimate of drug-likeness (QED) is 0.600. The van der Waals surface area contributed by atoms with Crippen molar-refractivity contribution in [3.05, 3.63) is 60.6 Å². The van der Waals surface area contributed by atoms with Crippen molar-refractivity contribution in [2.24, 2.45) is 0 Å². The highest BCUT2D eigenvalue weighted by atomic mass is 32.2. The summed E-state index contributed by atoms with van der Waals surface area (Å²) in [4.78, 5) is 4.38. The number of hydrogen-bond acceptors (Lipinski definition) is 5. The molecule has 150 valence electrons. The molecule has 28 heavy (non-hydrogen) atoms. The lowest BCUT2D eigenvalue weighted by Gasteiger charge is -2.23. The third kappa shape index (κ3) is 4.36. The largest absolute Gasteiger partial charge is 0.487 e. The molecule has 0 fully saturated rings. The SMILES string of the molecule is CC(COCc1ccccc1)Oc1cc2nccn2cc1S(=O)(=O)C(C)(C)C. The van der Waals surface area contributed by atoms with Gasteiger partial charge in [-0.3, -0.25) is 0 Å². The third-order valence-electron chi connectivity index (χ3n) is 4.35. The Kier molecular flexibility index (Phi) is 5.76. The summed E-state index contributed by atoms with van der Waals surface area (Å²) in [6.07, 6.45) is 4.58.